The van der Waals surface area contributed by atoms with Crippen molar-refractivity contribution in [1.82, 2.24) is 19.9 Å². The molecule has 2 atom stereocenters. The highest BCUT2D eigenvalue weighted by Crippen LogP contribution is 2.35. The monoisotopic (exact) mass is 365 g/mol. The van der Waals surface area contributed by atoms with Gasteiger partial charge in [0.1, 0.15) is 0 Å². The van der Waals surface area contributed by atoms with Crippen LogP contribution in [-0.2, 0) is 0 Å². The van der Waals surface area contributed by atoms with Crippen molar-refractivity contribution in [3.8, 4) is 0 Å². The molecule has 1 aromatic heterocycles. The van der Waals surface area contributed by atoms with Crippen molar-refractivity contribution in [2.45, 2.75) is 70.1 Å². The van der Waals surface area contributed by atoms with Gasteiger partial charge in [0.15, 0.2) is 5.69 Å². The zero-order valence-corrected chi connectivity index (χ0v) is 15.5. The van der Waals surface area contributed by atoms with Gasteiger partial charge in [-0.2, -0.15) is 0 Å². The largest absolute Gasteiger partial charge is 0.396 e. The first-order valence-electron chi connectivity index (χ1n) is 9.74. The highest BCUT2D eigenvalue weighted by Gasteiger charge is 2.43. The molecule has 8 nitrogen and oxygen atoms in total. The number of carbonyl (C=O) groups is 1. The Hall–Kier alpha value is -1.51. The first-order valence-corrected chi connectivity index (χ1v) is 9.74. The Morgan fingerprint density at radius 3 is 2.73 bits per heavy atom. The summed E-state index contributed by atoms with van der Waals surface area (Å²) in [5, 5.41) is 28.5. The molecule has 1 saturated carbocycles. The number of likely N-dealkylation sites (tertiary alicyclic amines) is 1. The molecule has 1 amide bonds. The van der Waals surface area contributed by atoms with Gasteiger partial charge < -0.3 is 20.8 Å². The molecule has 2 aliphatic rings. The van der Waals surface area contributed by atoms with E-state index in [0.29, 0.717) is 31.6 Å². The Bertz CT molecular complexity index is 614. The van der Waals surface area contributed by atoms with Gasteiger partial charge >= 0.3 is 0 Å². The fourth-order valence-corrected chi connectivity index (χ4v) is 4.38. The van der Waals surface area contributed by atoms with Crippen molar-refractivity contribution >= 4 is 5.91 Å². The Kier molecular flexibility index (Phi) is 5.94. The Balaban J connectivity index is 1.69. The third kappa shape index (κ3) is 3.77. The van der Waals surface area contributed by atoms with Crippen molar-refractivity contribution in [2.75, 3.05) is 19.7 Å². The number of aromatic nitrogens is 3. The molecule has 0 spiro atoms. The number of piperidine rings is 1. The summed E-state index contributed by atoms with van der Waals surface area (Å²) in [5.74, 6) is -0.176. The average molecular weight is 365 g/mol. The lowest BCUT2D eigenvalue weighted by Crippen LogP contribution is -2.55. The van der Waals surface area contributed by atoms with E-state index >= 15 is 0 Å². The SMILES string of the molecule is CCC[C@@]1(CO)CN(C(=O)c2cn(C3CCC(N)CC3)nn2)CC[C@@H]1O. The molecule has 1 aliphatic carbocycles. The summed E-state index contributed by atoms with van der Waals surface area (Å²) in [4.78, 5) is 14.6. The van der Waals surface area contributed by atoms with Crippen LogP contribution in [0.25, 0.3) is 0 Å². The van der Waals surface area contributed by atoms with Crippen LogP contribution in [-0.4, -0.2) is 67.9 Å². The predicted molar refractivity (Wildman–Crippen MR) is 96.5 cm³/mol. The fraction of sp³-hybridized carbons (Fsp3) is 0.833. The van der Waals surface area contributed by atoms with E-state index in [0.717, 1.165) is 32.1 Å². The quantitative estimate of drug-likeness (QED) is 0.707. The molecule has 1 aliphatic heterocycles. The molecule has 26 heavy (non-hydrogen) atoms. The molecule has 4 N–H and O–H groups in total. The highest BCUT2D eigenvalue weighted by molar-refractivity contribution is 5.92. The number of aliphatic hydroxyl groups excluding tert-OH is 2. The number of nitrogens with two attached hydrogens (primary N) is 1. The normalized spacial score (nSPS) is 32.6. The third-order valence-electron chi connectivity index (χ3n) is 6.08. The third-order valence-corrected chi connectivity index (χ3v) is 6.08. The lowest BCUT2D eigenvalue weighted by atomic mass is 9.74. The topological polar surface area (TPSA) is 118 Å². The van der Waals surface area contributed by atoms with Crippen LogP contribution in [0.15, 0.2) is 6.20 Å². The molecule has 0 unspecified atom stereocenters. The first kappa shape index (κ1) is 19.3. The Labute approximate surface area is 154 Å². The minimum absolute atomic E-state index is 0.124. The number of hydrogen-bond donors (Lipinski definition) is 3. The second-order valence-electron chi connectivity index (χ2n) is 7.95. The lowest BCUT2D eigenvalue weighted by molar-refractivity contribution is -0.0721. The maximum atomic E-state index is 12.9. The molecule has 146 valence electrons. The Morgan fingerprint density at radius 2 is 2.08 bits per heavy atom. The van der Waals surface area contributed by atoms with E-state index in [1.807, 2.05) is 6.92 Å². The number of aliphatic hydroxyl groups is 2. The van der Waals surface area contributed by atoms with Crippen LogP contribution in [0.2, 0.25) is 0 Å². The van der Waals surface area contributed by atoms with Gasteiger partial charge in [-0.25, -0.2) is 4.68 Å². The second kappa shape index (κ2) is 8.02. The van der Waals surface area contributed by atoms with Gasteiger partial charge in [0.25, 0.3) is 5.91 Å². The zero-order chi connectivity index (χ0) is 18.7. The average Bonchev–Trinajstić information content (AvgIpc) is 3.14. The molecule has 1 saturated heterocycles. The van der Waals surface area contributed by atoms with E-state index in [2.05, 4.69) is 10.3 Å². The minimum atomic E-state index is -0.641. The second-order valence-corrected chi connectivity index (χ2v) is 7.95. The van der Waals surface area contributed by atoms with Gasteiger partial charge in [0, 0.05) is 24.5 Å². The number of nitrogens with zero attached hydrogens (tertiary/aromatic N) is 4. The number of amides is 1. The summed E-state index contributed by atoms with van der Waals surface area (Å²) in [6, 6.07) is 0.518. The predicted octanol–water partition coefficient (Wildman–Crippen LogP) is 0.706. The standard InChI is InChI=1S/C18H31N5O3/c1-2-8-18(12-24)11-22(9-7-16(18)25)17(26)15-10-23(21-20-15)14-5-3-13(19)4-6-14/h10,13-14,16,24-25H,2-9,11-12,19H2,1H3/t13?,14?,16-,18-/m0/s1. The van der Waals surface area contributed by atoms with Crippen molar-refractivity contribution in [1.29, 1.82) is 0 Å². The summed E-state index contributed by atoms with van der Waals surface area (Å²) < 4.78 is 1.79. The van der Waals surface area contributed by atoms with Gasteiger partial charge in [0.05, 0.1) is 24.9 Å². The van der Waals surface area contributed by atoms with Gasteiger partial charge in [-0.3, -0.25) is 4.79 Å². The molecule has 1 aromatic rings. The minimum Gasteiger partial charge on any atom is -0.396 e. The van der Waals surface area contributed by atoms with Crippen LogP contribution >= 0.6 is 0 Å². The first-order chi connectivity index (χ1) is 12.5. The van der Waals surface area contributed by atoms with Crippen LogP contribution < -0.4 is 5.73 Å². The van der Waals surface area contributed by atoms with Gasteiger partial charge in [-0.1, -0.05) is 18.6 Å². The Morgan fingerprint density at radius 1 is 1.35 bits per heavy atom. The van der Waals surface area contributed by atoms with E-state index in [1.165, 1.54) is 0 Å². The molecule has 8 heteroatoms. The summed E-state index contributed by atoms with van der Waals surface area (Å²) >= 11 is 0. The van der Waals surface area contributed by atoms with Crippen molar-refractivity contribution in [3.63, 3.8) is 0 Å². The maximum Gasteiger partial charge on any atom is 0.276 e. The number of hydrogen-bond acceptors (Lipinski definition) is 6. The van der Waals surface area contributed by atoms with E-state index in [9.17, 15) is 15.0 Å². The summed E-state index contributed by atoms with van der Waals surface area (Å²) in [6.45, 7) is 2.71. The summed E-state index contributed by atoms with van der Waals surface area (Å²) in [7, 11) is 0. The molecule has 0 bridgehead atoms. The zero-order valence-electron chi connectivity index (χ0n) is 15.5. The van der Waals surface area contributed by atoms with E-state index in [1.54, 1.807) is 15.8 Å². The highest BCUT2D eigenvalue weighted by atomic mass is 16.3. The molecular weight excluding hydrogens is 334 g/mol. The lowest BCUT2D eigenvalue weighted by Gasteiger charge is -2.45. The van der Waals surface area contributed by atoms with Gasteiger partial charge in [-0.05, 0) is 38.5 Å². The maximum absolute atomic E-state index is 12.9. The molecule has 2 heterocycles. The molecular formula is C18H31N5O3. The fourth-order valence-electron chi connectivity index (χ4n) is 4.38. The molecule has 2 fully saturated rings. The summed E-state index contributed by atoms with van der Waals surface area (Å²) in [6.07, 6.45) is 7.00. The van der Waals surface area contributed by atoms with Crippen LogP contribution in [0.4, 0.5) is 0 Å². The van der Waals surface area contributed by atoms with Crippen molar-refractivity contribution < 1.29 is 15.0 Å². The molecule has 0 radical (unpaired) electrons. The van der Waals surface area contributed by atoms with Crippen LogP contribution in [0.5, 0.6) is 0 Å². The van der Waals surface area contributed by atoms with Crippen LogP contribution in [0.1, 0.15) is 68.4 Å². The number of carbonyl (C=O) groups excluding carboxylic acids is 1. The van der Waals surface area contributed by atoms with Crippen LogP contribution in [0.3, 0.4) is 0 Å². The molecule has 3 rings (SSSR count). The van der Waals surface area contributed by atoms with Crippen LogP contribution in [0, 0.1) is 5.41 Å². The number of rotatable bonds is 5. The van der Waals surface area contributed by atoms with Crippen molar-refractivity contribution in [2.24, 2.45) is 11.1 Å². The smallest absolute Gasteiger partial charge is 0.276 e. The summed E-state index contributed by atoms with van der Waals surface area (Å²) in [5.41, 5.74) is 5.65. The van der Waals surface area contributed by atoms with Gasteiger partial charge in [-0.15, -0.1) is 5.10 Å². The van der Waals surface area contributed by atoms with Crippen molar-refractivity contribution in [3.05, 3.63) is 11.9 Å². The van der Waals surface area contributed by atoms with Gasteiger partial charge in [0.2, 0.25) is 0 Å². The molecule has 0 aromatic carbocycles. The van der Waals surface area contributed by atoms with E-state index in [-0.39, 0.29) is 24.6 Å². The van der Waals surface area contributed by atoms with E-state index < -0.39 is 11.5 Å². The van der Waals surface area contributed by atoms with E-state index in [4.69, 9.17) is 5.73 Å².